The number of fused-ring (bicyclic) bond motifs is 1. The van der Waals surface area contributed by atoms with E-state index < -0.39 is 0 Å². The van der Waals surface area contributed by atoms with Crippen LogP contribution in [0.4, 0.5) is 0 Å². The Balaban J connectivity index is 0.00000198. The monoisotopic (exact) mass is 551 g/mol. The summed E-state index contributed by atoms with van der Waals surface area (Å²) in [6, 6.07) is 33.7. The summed E-state index contributed by atoms with van der Waals surface area (Å²) in [7, 11) is 0. The Hall–Kier alpha value is -4.36. The van der Waals surface area contributed by atoms with Gasteiger partial charge in [-0.15, -0.1) is 0 Å². The lowest BCUT2D eigenvalue weighted by atomic mass is 9.93. The Labute approximate surface area is 253 Å². The van der Waals surface area contributed by atoms with E-state index in [1.54, 1.807) is 0 Å². The number of aromatic nitrogens is 1. The molecule has 0 amide bonds. The first-order chi connectivity index (χ1) is 20.5. The molecule has 42 heavy (non-hydrogen) atoms. The Morgan fingerprint density at radius 3 is 1.90 bits per heavy atom. The molecule has 0 N–H and O–H groups in total. The largest absolute Gasteiger partial charge is 0.310 e. The second-order valence-electron chi connectivity index (χ2n) is 10.6. The smallest absolute Gasteiger partial charge is 0.0537 e. The van der Waals surface area contributed by atoms with Crippen LogP contribution < -0.4 is 0 Å². The zero-order valence-corrected chi connectivity index (χ0v) is 26.2. The van der Waals surface area contributed by atoms with Gasteiger partial charge in [0.2, 0.25) is 0 Å². The van der Waals surface area contributed by atoms with Crippen molar-refractivity contribution in [1.29, 1.82) is 0 Å². The van der Waals surface area contributed by atoms with Crippen molar-refractivity contribution in [3.05, 3.63) is 160 Å². The molecular formula is C41H45N. The number of allylic oxidation sites excluding steroid dienone is 4. The van der Waals surface area contributed by atoms with Crippen molar-refractivity contribution in [1.82, 2.24) is 4.57 Å². The molecule has 0 atom stereocenters. The van der Waals surface area contributed by atoms with E-state index in [0.717, 1.165) is 19.3 Å². The number of para-hydroxylation sites is 1. The number of nitrogens with zero attached hydrogens (tertiary/aromatic N) is 1. The van der Waals surface area contributed by atoms with Crippen LogP contribution in [0, 0.1) is 6.92 Å². The molecule has 1 heterocycles. The molecule has 0 aliphatic heterocycles. The lowest BCUT2D eigenvalue weighted by molar-refractivity contribution is 1.05. The minimum Gasteiger partial charge on any atom is -0.310 e. The lowest BCUT2D eigenvalue weighted by Gasteiger charge is -2.13. The minimum atomic E-state index is 0.886. The van der Waals surface area contributed by atoms with Crippen molar-refractivity contribution in [3.63, 3.8) is 0 Å². The van der Waals surface area contributed by atoms with E-state index in [0.29, 0.717) is 0 Å². The molecule has 4 aromatic carbocycles. The molecule has 214 valence electrons. The van der Waals surface area contributed by atoms with Crippen molar-refractivity contribution in [2.24, 2.45) is 0 Å². The molecule has 1 heteroatoms. The van der Waals surface area contributed by atoms with Gasteiger partial charge >= 0.3 is 0 Å². The number of hydrogen-bond donors (Lipinski definition) is 0. The van der Waals surface area contributed by atoms with E-state index in [9.17, 15) is 0 Å². The summed E-state index contributed by atoms with van der Waals surface area (Å²) in [5.41, 5.74) is 14.1. The molecule has 0 saturated carbocycles. The lowest BCUT2D eigenvalue weighted by Crippen LogP contribution is -1.99. The van der Waals surface area contributed by atoms with E-state index >= 15 is 0 Å². The van der Waals surface area contributed by atoms with Crippen LogP contribution in [0.2, 0.25) is 0 Å². The van der Waals surface area contributed by atoms with Crippen LogP contribution in [0.15, 0.2) is 116 Å². The van der Waals surface area contributed by atoms with Gasteiger partial charge in [-0.2, -0.15) is 0 Å². The van der Waals surface area contributed by atoms with Crippen LogP contribution in [-0.2, 0) is 19.3 Å². The van der Waals surface area contributed by atoms with Crippen molar-refractivity contribution >= 4 is 22.6 Å². The fourth-order valence-electron chi connectivity index (χ4n) is 5.79. The summed E-state index contributed by atoms with van der Waals surface area (Å²) < 4.78 is 2.40. The fourth-order valence-corrected chi connectivity index (χ4v) is 5.79. The summed E-state index contributed by atoms with van der Waals surface area (Å²) >= 11 is 0. The molecule has 1 aromatic heterocycles. The molecule has 5 aromatic rings. The predicted octanol–water partition coefficient (Wildman–Crippen LogP) is 11.3. The van der Waals surface area contributed by atoms with Crippen LogP contribution in [0.25, 0.3) is 28.2 Å². The molecule has 0 fully saturated rings. The Morgan fingerprint density at radius 1 is 0.762 bits per heavy atom. The Bertz CT molecular complexity index is 1690. The van der Waals surface area contributed by atoms with Gasteiger partial charge in [0.15, 0.2) is 0 Å². The molecule has 0 aliphatic carbocycles. The molecule has 1 nitrogen and oxygen atoms in total. The van der Waals surface area contributed by atoms with Gasteiger partial charge in [0.05, 0.1) is 5.52 Å². The van der Waals surface area contributed by atoms with Gasteiger partial charge < -0.3 is 4.57 Å². The van der Waals surface area contributed by atoms with Gasteiger partial charge in [-0.25, -0.2) is 0 Å². The number of aryl methyl sites for hydroxylation is 2. The second-order valence-corrected chi connectivity index (χ2v) is 10.6. The van der Waals surface area contributed by atoms with Crippen molar-refractivity contribution < 1.29 is 0 Å². The van der Waals surface area contributed by atoms with Gasteiger partial charge in [-0.1, -0.05) is 124 Å². The maximum Gasteiger partial charge on any atom is 0.0537 e. The first kappa shape index (κ1) is 30.6. The molecule has 0 aliphatic rings. The van der Waals surface area contributed by atoms with E-state index in [4.69, 9.17) is 0 Å². The maximum atomic E-state index is 4.06. The molecule has 0 unspecified atom stereocenters. The average molecular weight is 552 g/mol. The van der Waals surface area contributed by atoms with Gasteiger partial charge in [0, 0.05) is 16.8 Å². The molecule has 0 radical (unpaired) electrons. The first-order valence-corrected chi connectivity index (χ1v) is 15.4. The zero-order valence-electron chi connectivity index (χ0n) is 26.2. The van der Waals surface area contributed by atoms with E-state index in [1.807, 2.05) is 19.9 Å². The summed E-state index contributed by atoms with van der Waals surface area (Å²) in [6.45, 7) is 16.6. The summed E-state index contributed by atoms with van der Waals surface area (Å²) in [5, 5.41) is 1.34. The predicted molar refractivity (Wildman–Crippen MR) is 186 cm³/mol. The Morgan fingerprint density at radius 2 is 1.36 bits per heavy atom. The highest BCUT2D eigenvalue weighted by molar-refractivity contribution is 5.90. The average Bonchev–Trinajstić information content (AvgIpc) is 3.33. The quantitative estimate of drug-likeness (QED) is 0.161. The van der Waals surface area contributed by atoms with Crippen molar-refractivity contribution in [3.8, 4) is 5.69 Å². The van der Waals surface area contributed by atoms with Gasteiger partial charge in [0.1, 0.15) is 0 Å². The highest BCUT2D eigenvalue weighted by Gasteiger charge is 2.15. The maximum absolute atomic E-state index is 4.06. The van der Waals surface area contributed by atoms with Crippen molar-refractivity contribution in [2.75, 3.05) is 0 Å². The van der Waals surface area contributed by atoms with Crippen LogP contribution in [-0.4, -0.2) is 4.57 Å². The molecule has 0 saturated heterocycles. The third kappa shape index (κ3) is 6.74. The third-order valence-electron chi connectivity index (χ3n) is 7.75. The SMILES string of the molecule is C=C/C(=C\C)c1cc(Cc2ccc(C)cc2)cc(Cc2ccc(-n3c(/C=C\C)c(CC)c4ccccc43)cc2)c1.CC. The fraction of sp³-hybridized carbons (Fsp3) is 0.220. The van der Waals surface area contributed by atoms with Gasteiger partial charge in [-0.05, 0) is 103 Å². The number of benzene rings is 4. The van der Waals surface area contributed by atoms with Crippen LogP contribution in [0.3, 0.4) is 0 Å². The molecular weight excluding hydrogens is 506 g/mol. The van der Waals surface area contributed by atoms with E-state index in [-0.39, 0.29) is 0 Å². The molecule has 0 bridgehead atoms. The second kappa shape index (κ2) is 14.5. The Kier molecular flexibility index (Phi) is 10.6. The first-order valence-electron chi connectivity index (χ1n) is 15.4. The van der Waals surface area contributed by atoms with Crippen LogP contribution in [0.5, 0.6) is 0 Å². The number of rotatable bonds is 9. The minimum absolute atomic E-state index is 0.886. The van der Waals surface area contributed by atoms with Crippen molar-refractivity contribution in [2.45, 2.75) is 60.8 Å². The third-order valence-corrected chi connectivity index (χ3v) is 7.75. The standard InChI is InChI=1S/C39H39N.C2H6/c1-6-12-38-36(9-4)37-13-10-11-14-39(37)40(38)35-21-19-30(20-22-35)24-32-25-31(23-29-17-15-28(5)16-18-29)26-34(27-32)33(7-2)8-3;1-2/h6-8,10-22,25-27H,2,9,23-24H2,1,3-5H3;1-2H3/b12-6-,33-8+;. The summed E-state index contributed by atoms with van der Waals surface area (Å²) in [4.78, 5) is 0. The highest BCUT2D eigenvalue weighted by atomic mass is 15.0. The van der Waals surface area contributed by atoms with Gasteiger partial charge in [-0.3, -0.25) is 0 Å². The van der Waals surface area contributed by atoms with E-state index in [2.05, 4.69) is 148 Å². The highest BCUT2D eigenvalue weighted by Crippen LogP contribution is 2.31. The van der Waals surface area contributed by atoms with Crippen LogP contribution >= 0.6 is 0 Å². The number of hydrogen-bond acceptors (Lipinski definition) is 0. The van der Waals surface area contributed by atoms with Gasteiger partial charge in [0.25, 0.3) is 0 Å². The van der Waals surface area contributed by atoms with E-state index in [1.165, 1.54) is 66.8 Å². The van der Waals surface area contributed by atoms with Crippen LogP contribution in [0.1, 0.15) is 79.3 Å². The molecule has 5 rings (SSSR count). The molecule has 0 spiro atoms. The topological polar surface area (TPSA) is 4.93 Å². The normalized spacial score (nSPS) is 11.5. The summed E-state index contributed by atoms with van der Waals surface area (Å²) in [5.74, 6) is 0. The summed E-state index contributed by atoms with van der Waals surface area (Å²) in [6.07, 6.45) is 11.3. The zero-order chi connectivity index (χ0) is 30.1.